The summed E-state index contributed by atoms with van der Waals surface area (Å²) in [5.41, 5.74) is 0. The van der Waals surface area contributed by atoms with E-state index in [4.69, 9.17) is 24.9 Å². The molecular formula is C5H12O11P2. The smallest absolute Gasteiger partial charge is 0.387 e. The third-order valence-corrected chi connectivity index (χ3v) is 4.10. The van der Waals surface area contributed by atoms with Crippen molar-refractivity contribution in [2.75, 3.05) is 6.61 Å². The molecule has 5 atom stereocenters. The van der Waals surface area contributed by atoms with Gasteiger partial charge in [-0.15, -0.1) is 0 Å². The molecule has 0 saturated carbocycles. The van der Waals surface area contributed by atoms with Gasteiger partial charge in [0.15, 0.2) is 6.29 Å². The number of phosphoric acid groups is 2. The fourth-order valence-corrected chi connectivity index (χ4v) is 2.79. The minimum atomic E-state index is -5.23. The molecule has 0 amide bonds. The molecule has 108 valence electrons. The van der Waals surface area contributed by atoms with E-state index in [1.54, 1.807) is 0 Å². The van der Waals surface area contributed by atoms with E-state index in [0.29, 0.717) is 0 Å². The van der Waals surface area contributed by atoms with Crippen LogP contribution in [0.15, 0.2) is 0 Å². The molecule has 1 aliphatic rings. The van der Waals surface area contributed by atoms with Crippen molar-refractivity contribution in [2.24, 2.45) is 0 Å². The fraction of sp³-hybridized carbons (Fsp3) is 1.00. The molecule has 0 radical (unpaired) electrons. The van der Waals surface area contributed by atoms with Gasteiger partial charge in [0.25, 0.3) is 0 Å². The highest BCUT2D eigenvalue weighted by molar-refractivity contribution is 7.60. The van der Waals surface area contributed by atoms with Crippen molar-refractivity contribution in [3.05, 3.63) is 0 Å². The molecule has 1 heterocycles. The lowest BCUT2D eigenvalue weighted by atomic mass is 10.1. The van der Waals surface area contributed by atoms with Gasteiger partial charge in [0.05, 0.1) is 6.61 Å². The van der Waals surface area contributed by atoms with Crippen molar-refractivity contribution in [3.8, 4) is 0 Å². The second-order valence-corrected chi connectivity index (χ2v) is 6.21. The maximum atomic E-state index is 11.0. The first-order chi connectivity index (χ1) is 8.02. The first kappa shape index (κ1) is 16.2. The van der Waals surface area contributed by atoms with Crippen LogP contribution in [0.5, 0.6) is 0 Å². The van der Waals surface area contributed by atoms with Gasteiger partial charge in [-0.2, -0.15) is 4.31 Å². The van der Waals surface area contributed by atoms with Crippen molar-refractivity contribution in [1.29, 1.82) is 0 Å². The van der Waals surface area contributed by atoms with Crippen LogP contribution in [0, 0.1) is 0 Å². The van der Waals surface area contributed by atoms with Crippen LogP contribution in [0.4, 0.5) is 0 Å². The van der Waals surface area contributed by atoms with Gasteiger partial charge in [-0.3, -0.25) is 4.52 Å². The van der Waals surface area contributed by atoms with E-state index in [2.05, 4.69) is 13.6 Å². The summed E-state index contributed by atoms with van der Waals surface area (Å²) in [7, 11) is -10.3. The topological polar surface area (TPSA) is 183 Å². The van der Waals surface area contributed by atoms with Crippen LogP contribution in [-0.4, -0.2) is 61.2 Å². The Kier molecular flexibility index (Phi) is 5.04. The molecule has 6 N–H and O–H groups in total. The molecule has 1 fully saturated rings. The lowest BCUT2D eigenvalue weighted by molar-refractivity contribution is -0.132. The molecule has 1 aliphatic heterocycles. The number of aliphatic hydroxyl groups is 3. The van der Waals surface area contributed by atoms with Gasteiger partial charge in [-0.05, 0) is 0 Å². The van der Waals surface area contributed by atoms with E-state index in [0.717, 1.165) is 0 Å². The predicted octanol–water partition coefficient (Wildman–Crippen LogP) is -2.35. The fourth-order valence-electron chi connectivity index (χ4n) is 1.19. The summed E-state index contributed by atoms with van der Waals surface area (Å²) in [6, 6.07) is 0. The highest BCUT2D eigenvalue weighted by Gasteiger charge is 2.43. The van der Waals surface area contributed by atoms with Gasteiger partial charge in [0, 0.05) is 0 Å². The van der Waals surface area contributed by atoms with E-state index < -0.39 is 46.9 Å². The van der Waals surface area contributed by atoms with Crippen LogP contribution in [0.25, 0.3) is 0 Å². The van der Waals surface area contributed by atoms with Crippen LogP contribution >= 0.6 is 15.6 Å². The molecule has 13 heteroatoms. The minimum absolute atomic E-state index is 0.830. The largest absolute Gasteiger partial charge is 0.481 e. The molecule has 5 unspecified atom stereocenters. The first-order valence-electron chi connectivity index (χ1n) is 4.46. The third kappa shape index (κ3) is 4.65. The van der Waals surface area contributed by atoms with E-state index in [9.17, 15) is 14.2 Å². The molecule has 1 rings (SSSR count). The zero-order chi connectivity index (χ0) is 14.1. The molecule has 0 aromatic rings. The van der Waals surface area contributed by atoms with Crippen LogP contribution in [0.2, 0.25) is 0 Å². The predicted molar refractivity (Wildman–Crippen MR) is 51.8 cm³/mol. The van der Waals surface area contributed by atoms with E-state index >= 15 is 0 Å². The van der Waals surface area contributed by atoms with Crippen molar-refractivity contribution in [2.45, 2.75) is 24.6 Å². The number of hydrogen-bond acceptors (Lipinski definition) is 8. The Hall–Kier alpha value is 0.1000. The maximum Gasteiger partial charge on any atom is 0.481 e. The summed E-state index contributed by atoms with van der Waals surface area (Å²) in [5.74, 6) is 0. The Morgan fingerprint density at radius 1 is 1.06 bits per heavy atom. The summed E-state index contributed by atoms with van der Waals surface area (Å²) < 4.78 is 33.5. The summed E-state index contributed by atoms with van der Waals surface area (Å²) in [5, 5.41) is 27.3. The average Bonchev–Trinajstić information content (AvgIpc) is 2.39. The highest BCUT2D eigenvalue weighted by Crippen LogP contribution is 2.57. The summed E-state index contributed by atoms with van der Waals surface area (Å²) in [6.07, 6.45) is -6.26. The van der Waals surface area contributed by atoms with Gasteiger partial charge >= 0.3 is 15.6 Å². The van der Waals surface area contributed by atoms with Crippen molar-refractivity contribution in [1.82, 2.24) is 0 Å². The number of hydrogen-bond donors (Lipinski definition) is 6. The Labute approximate surface area is 100 Å². The van der Waals surface area contributed by atoms with Crippen LogP contribution in [-0.2, 0) is 22.7 Å². The Morgan fingerprint density at radius 2 is 1.61 bits per heavy atom. The van der Waals surface area contributed by atoms with Gasteiger partial charge in [0.2, 0.25) is 0 Å². The van der Waals surface area contributed by atoms with E-state index in [1.165, 1.54) is 0 Å². The number of rotatable bonds is 5. The van der Waals surface area contributed by atoms with Crippen molar-refractivity contribution >= 4 is 15.6 Å². The molecule has 0 aliphatic carbocycles. The summed E-state index contributed by atoms with van der Waals surface area (Å²) in [6.45, 7) is -0.830. The maximum absolute atomic E-state index is 11.0. The average molecular weight is 310 g/mol. The number of phosphoric ester groups is 1. The molecule has 0 spiro atoms. The third-order valence-electron chi connectivity index (χ3n) is 1.95. The van der Waals surface area contributed by atoms with Crippen LogP contribution in [0.3, 0.4) is 0 Å². The lowest BCUT2D eigenvalue weighted by Gasteiger charge is -2.17. The van der Waals surface area contributed by atoms with Gasteiger partial charge in [-0.1, -0.05) is 0 Å². The number of aliphatic hydroxyl groups excluding tert-OH is 3. The van der Waals surface area contributed by atoms with Crippen molar-refractivity contribution < 1.29 is 52.7 Å². The zero-order valence-electron chi connectivity index (χ0n) is 8.64. The van der Waals surface area contributed by atoms with Gasteiger partial charge in [-0.25, -0.2) is 9.13 Å². The molecule has 0 bridgehead atoms. The summed E-state index contributed by atoms with van der Waals surface area (Å²) >= 11 is 0. The normalized spacial score (nSPS) is 36.6. The minimum Gasteiger partial charge on any atom is -0.387 e. The molecule has 18 heavy (non-hydrogen) atoms. The van der Waals surface area contributed by atoms with Crippen LogP contribution < -0.4 is 0 Å². The lowest BCUT2D eigenvalue weighted by Crippen LogP contribution is -2.34. The second-order valence-electron chi connectivity index (χ2n) is 3.38. The molecule has 11 nitrogen and oxygen atoms in total. The Bertz CT molecular complexity index is 378. The molecule has 0 aromatic heterocycles. The Morgan fingerprint density at radius 3 is 2.00 bits per heavy atom. The van der Waals surface area contributed by atoms with E-state index in [1.807, 2.05) is 0 Å². The van der Waals surface area contributed by atoms with Gasteiger partial charge < -0.3 is 34.7 Å². The van der Waals surface area contributed by atoms with E-state index in [-0.39, 0.29) is 0 Å². The standard InChI is InChI=1S/C5H12O11P2/c6-3-2(15-5(8)4(3)7)1-14-18(12,13)16-17(9,10)11/h2-8H,1H2,(H,12,13)(H2,9,10,11). The monoisotopic (exact) mass is 310 g/mol. The molecule has 1 saturated heterocycles. The zero-order valence-corrected chi connectivity index (χ0v) is 10.4. The molecular weight excluding hydrogens is 298 g/mol. The highest BCUT2D eigenvalue weighted by atomic mass is 31.3. The summed E-state index contributed by atoms with van der Waals surface area (Å²) in [4.78, 5) is 25.5. The van der Waals surface area contributed by atoms with Gasteiger partial charge in [0.1, 0.15) is 18.3 Å². The number of ether oxygens (including phenoxy) is 1. The SMILES string of the molecule is O=P(O)(O)OP(=O)(O)OCC1OC(O)C(O)C1O. The quantitative estimate of drug-likeness (QED) is 0.299. The second kappa shape index (κ2) is 5.61. The molecule has 0 aromatic carbocycles. The van der Waals surface area contributed by atoms with Crippen LogP contribution in [0.1, 0.15) is 0 Å². The first-order valence-corrected chi connectivity index (χ1v) is 7.48. The van der Waals surface area contributed by atoms with Crippen molar-refractivity contribution in [3.63, 3.8) is 0 Å². The Balaban J connectivity index is 2.51.